The molecule has 1 aliphatic rings. The van der Waals surface area contributed by atoms with Gasteiger partial charge in [0.15, 0.2) is 0 Å². The maximum absolute atomic E-state index is 12.2. The second kappa shape index (κ2) is 28.0. The van der Waals surface area contributed by atoms with Crippen molar-refractivity contribution in [3.63, 3.8) is 0 Å². The smallest absolute Gasteiger partial charge is 0.407 e. The van der Waals surface area contributed by atoms with Crippen LogP contribution in [0, 0.1) is 0 Å². The van der Waals surface area contributed by atoms with Gasteiger partial charge in [0.25, 0.3) is 0 Å². The van der Waals surface area contributed by atoms with Gasteiger partial charge in [0.2, 0.25) is 0 Å². The number of fused-ring (bicyclic) bond motifs is 3. The first-order valence-corrected chi connectivity index (χ1v) is 17.6. The predicted octanol–water partition coefficient (Wildman–Crippen LogP) is 3.24. The van der Waals surface area contributed by atoms with Crippen LogP contribution in [0.1, 0.15) is 17.0 Å². The van der Waals surface area contributed by atoms with Crippen LogP contribution in [0.2, 0.25) is 0 Å². The summed E-state index contributed by atoms with van der Waals surface area (Å²) in [5.74, 6) is 0.0399. The molecule has 0 heterocycles. The molecule has 50 heavy (non-hydrogen) atoms. The molecule has 13 heteroatoms. The fraction of sp³-hybridized carbons (Fsp3) is 0.649. The number of nitrogens with zero attached hydrogens (tertiary/aromatic N) is 1. The van der Waals surface area contributed by atoms with Crippen molar-refractivity contribution in [2.75, 3.05) is 153 Å². The van der Waals surface area contributed by atoms with Gasteiger partial charge >= 0.3 is 6.09 Å². The van der Waals surface area contributed by atoms with E-state index in [2.05, 4.69) is 34.5 Å². The Morgan fingerprint density at radius 2 is 0.860 bits per heavy atom. The van der Waals surface area contributed by atoms with E-state index in [-0.39, 0.29) is 12.5 Å². The Hall–Kier alpha value is -2.69. The molecule has 2 aromatic rings. The summed E-state index contributed by atoms with van der Waals surface area (Å²) < 4.78 is 54.9. The van der Waals surface area contributed by atoms with Crippen LogP contribution in [0.15, 0.2) is 48.5 Å². The van der Waals surface area contributed by atoms with Gasteiger partial charge in [-0.1, -0.05) is 48.5 Å². The zero-order chi connectivity index (χ0) is 35.3. The fourth-order valence-electron chi connectivity index (χ4n) is 4.98. The minimum absolute atomic E-state index is 0.0399. The zero-order valence-electron chi connectivity index (χ0n) is 30.0. The highest BCUT2D eigenvalue weighted by molar-refractivity contribution is 5.79. The molecular formula is C37H58N2O11. The number of rotatable bonds is 32. The molecule has 0 fully saturated rings. The third-order valence-electron chi connectivity index (χ3n) is 7.52. The molecule has 1 aliphatic carbocycles. The normalized spacial score (nSPS) is 12.4. The van der Waals surface area contributed by atoms with Crippen molar-refractivity contribution >= 4 is 6.09 Å². The molecule has 13 nitrogen and oxygen atoms in total. The number of likely N-dealkylation sites (N-methyl/N-ethyl adjacent to an activating group) is 1. The summed E-state index contributed by atoms with van der Waals surface area (Å²) in [7, 11) is 4.04. The molecule has 0 aliphatic heterocycles. The van der Waals surface area contributed by atoms with Gasteiger partial charge in [-0.2, -0.15) is 0 Å². The Morgan fingerprint density at radius 1 is 0.520 bits per heavy atom. The van der Waals surface area contributed by atoms with Gasteiger partial charge in [-0.3, -0.25) is 0 Å². The number of hydrogen-bond donors (Lipinski definition) is 1. The third kappa shape index (κ3) is 18.5. The number of carbonyl (C=O) groups is 1. The predicted molar refractivity (Wildman–Crippen MR) is 189 cm³/mol. The second-order valence-electron chi connectivity index (χ2n) is 11.6. The molecule has 0 saturated heterocycles. The summed E-state index contributed by atoms with van der Waals surface area (Å²) in [6.07, 6.45) is -0.450. The van der Waals surface area contributed by atoms with E-state index in [1.807, 2.05) is 38.4 Å². The zero-order valence-corrected chi connectivity index (χ0v) is 30.0. The first-order valence-electron chi connectivity index (χ1n) is 17.6. The van der Waals surface area contributed by atoms with Gasteiger partial charge in [-0.05, 0) is 36.3 Å². The largest absolute Gasteiger partial charge is 0.449 e. The molecule has 2 aromatic carbocycles. The Kier molecular flexibility index (Phi) is 23.3. The summed E-state index contributed by atoms with van der Waals surface area (Å²) in [6.45, 7) is 10.8. The standard InChI is InChI=1S/C37H58N2O11/c1-39(2)12-14-42-16-18-44-20-22-46-24-26-48-28-30-49-29-27-47-25-23-45-21-19-43-17-15-41-13-11-38-37(40)50-31-36-34-9-5-3-7-32(34)33-8-4-6-10-35(33)36/h3-10,36H,11-31H2,1-2H3,(H,38,40). The molecule has 1 amide bonds. The summed E-state index contributed by atoms with van der Waals surface area (Å²) in [4.78, 5) is 14.3. The maximum Gasteiger partial charge on any atom is 0.407 e. The third-order valence-corrected chi connectivity index (χ3v) is 7.52. The van der Waals surface area contributed by atoms with Crippen LogP contribution in [0.25, 0.3) is 11.1 Å². The van der Waals surface area contributed by atoms with Crippen molar-refractivity contribution in [2.24, 2.45) is 0 Å². The first kappa shape index (κ1) is 41.7. The van der Waals surface area contributed by atoms with Crippen molar-refractivity contribution in [3.8, 4) is 11.1 Å². The number of ether oxygens (including phenoxy) is 10. The van der Waals surface area contributed by atoms with E-state index in [0.29, 0.717) is 125 Å². The number of benzene rings is 2. The van der Waals surface area contributed by atoms with Gasteiger partial charge in [-0.25, -0.2) is 4.79 Å². The van der Waals surface area contributed by atoms with Crippen molar-refractivity contribution in [2.45, 2.75) is 5.92 Å². The molecule has 0 aromatic heterocycles. The number of hydrogen-bond acceptors (Lipinski definition) is 12. The average molecular weight is 707 g/mol. The summed E-state index contributed by atoms with van der Waals surface area (Å²) in [5.41, 5.74) is 4.78. The van der Waals surface area contributed by atoms with E-state index < -0.39 is 6.09 Å². The number of alkyl carbamates (subject to hydrolysis) is 1. The van der Waals surface area contributed by atoms with E-state index >= 15 is 0 Å². The Balaban J connectivity index is 0.973. The monoisotopic (exact) mass is 706 g/mol. The summed E-state index contributed by atoms with van der Waals surface area (Å²) >= 11 is 0. The highest BCUT2D eigenvalue weighted by Gasteiger charge is 2.28. The highest BCUT2D eigenvalue weighted by atomic mass is 16.6. The molecule has 1 N–H and O–H groups in total. The van der Waals surface area contributed by atoms with E-state index in [1.54, 1.807) is 0 Å². The van der Waals surface area contributed by atoms with Crippen LogP contribution in [-0.4, -0.2) is 164 Å². The van der Waals surface area contributed by atoms with E-state index in [1.165, 1.54) is 22.3 Å². The van der Waals surface area contributed by atoms with Crippen molar-refractivity contribution in [1.29, 1.82) is 0 Å². The van der Waals surface area contributed by atoms with Gasteiger partial charge < -0.3 is 57.6 Å². The van der Waals surface area contributed by atoms with Crippen molar-refractivity contribution in [1.82, 2.24) is 10.2 Å². The van der Waals surface area contributed by atoms with Crippen molar-refractivity contribution in [3.05, 3.63) is 59.7 Å². The van der Waals surface area contributed by atoms with Crippen molar-refractivity contribution < 1.29 is 52.2 Å². The van der Waals surface area contributed by atoms with Gasteiger partial charge in [0.1, 0.15) is 6.61 Å². The van der Waals surface area contributed by atoms with Crippen LogP contribution in [0.3, 0.4) is 0 Å². The highest BCUT2D eigenvalue weighted by Crippen LogP contribution is 2.44. The quantitative estimate of drug-likeness (QED) is 0.112. The molecule has 0 spiro atoms. The lowest BCUT2D eigenvalue weighted by atomic mass is 9.98. The van der Waals surface area contributed by atoms with Crippen LogP contribution < -0.4 is 5.32 Å². The number of amides is 1. The lowest BCUT2D eigenvalue weighted by Gasteiger charge is -2.14. The molecule has 282 valence electrons. The Labute approximate surface area is 297 Å². The van der Waals surface area contributed by atoms with Gasteiger partial charge in [-0.15, -0.1) is 0 Å². The summed E-state index contributed by atoms with van der Waals surface area (Å²) in [5, 5.41) is 2.74. The Morgan fingerprint density at radius 3 is 1.24 bits per heavy atom. The van der Waals surface area contributed by atoms with Crippen LogP contribution in [-0.2, 0) is 47.4 Å². The SMILES string of the molecule is CN(C)CCOCCOCCOCCOCCOCCOCCOCCOCCOCCNC(=O)OCC1c2ccccc2-c2ccccc21. The second-order valence-corrected chi connectivity index (χ2v) is 11.6. The lowest BCUT2D eigenvalue weighted by Crippen LogP contribution is -2.29. The minimum atomic E-state index is -0.450. The number of carbonyl (C=O) groups excluding carboxylic acids is 1. The number of nitrogens with one attached hydrogen (secondary N) is 1. The van der Waals surface area contributed by atoms with Crippen LogP contribution in [0.5, 0.6) is 0 Å². The van der Waals surface area contributed by atoms with Crippen LogP contribution in [0.4, 0.5) is 4.79 Å². The molecule has 3 rings (SSSR count). The molecule has 0 unspecified atom stereocenters. The fourth-order valence-corrected chi connectivity index (χ4v) is 4.98. The molecular weight excluding hydrogens is 648 g/mol. The molecule has 0 saturated carbocycles. The van der Waals surface area contributed by atoms with Crippen LogP contribution >= 0.6 is 0 Å². The topological polar surface area (TPSA) is 125 Å². The minimum Gasteiger partial charge on any atom is -0.449 e. The Bertz CT molecular complexity index is 1090. The van der Waals surface area contributed by atoms with Gasteiger partial charge in [0.05, 0.1) is 119 Å². The molecule has 0 radical (unpaired) electrons. The van der Waals surface area contributed by atoms with E-state index in [9.17, 15) is 4.79 Å². The molecule has 0 bridgehead atoms. The maximum atomic E-state index is 12.2. The first-order chi connectivity index (χ1) is 24.7. The molecule has 0 atom stereocenters. The van der Waals surface area contributed by atoms with E-state index in [4.69, 9.17) is 47.4 Å². The van der Waals surface area contributed by atoms with Gasteiger partial charge in [0, 0.05) is 19.0 Å². The lowest BCUT2D eigenvalue weighted by molar-refractivity contribution is -0.0250. The summed E-state index contributed by atoms with van der Waals surface area (Å²) in [6, 6.07) is 16.5. The average Bonchev–Trinajstić information content (AvgIpc) is 3.44. The van der Waals surface area contributed by atoms with E-state index in [0.717, 1.165) is 6.54 Å².